The Balaban J connectivity index is 2.12. The molecule has 138 valence electrons. The molecule has 3 heteroatoms. The number of nitrogens with one attached hydrogen (secondary N) is 1. The maximum Gasteiger partial charge on any atom is 0.0539 e. The van der Waals surface area contributed by atoms with Gasteiger partial charge in [-0.25, -0.2) is 0 Å². The van der Waals surface area contributed by atoms with E-state index in [0.717, 1.165) is 36.5 Å². The first kappa shape index (κ1) is 19.9. The fourth-order valence-electron chi connectivity index (χ4n) is 3.76. The highest BCUT2D eigenvalue weighted by atomic mass is 35.5. The molecule has 2 unspecified atom stereocenters. The molecule has 1 aromatic rings. The molecule has 0 bridgehead atoms. The van der Waals surface area contributed by atoms with Crippen LogP contribution in [-0.4, -0.2) is 17.5 Å². The smallest absolute Gasteiger partial charge is 0.0539 e. The number of piperidine rings is 1. The number of allylic oxidation sites excluding steroid dienone is 2. The second-order valence-electron chi connectivity index (χ2n) is 7.49. The lowest BCUT2D eigenvalue weighted by atomic mass is 9.84. The molecule has 0 radical (unpaired) electrons. The van der Waals surface area contributed by atoms with Gasteiger partial charge in [0.15, 0.2) is 0 Å². The standard InChI is InChI=1S/C22H33ClN2/c1-6-7-14-25-18(5)20(15-17(4)24-16(2)3)10-13-22(25)19-8-11-21(23)12-9-19/h8-9,11-12,16,20,22,24H,4-7,10,13-15H2,1-3H3. The largest absolute Gasteiger partial charge is 0.387 e. The third-order valence-corrected chi connectivity index (χ3v) is 5.25. The molecule has 1 heterocycles. The van der Waals surface area contributed by atoms with E-state index in [0.29, 0.717) is 18.0 Å². The van der Waals surface area contributed by atoms with Crippen molar-refractivity contribution >= 4 is 11.6 Å². The number of hydrogen-bond donors (Lipinski definition) is 1. The summed E-state index contributed by atoms with van der Waals surface area (Å²) in [6.07, 6.45) is 5.69. The van der Waals surface area contributed by atoms with Gasteiger partial charge in [0.2, 0.25) is 0 Å². The molecule has 1 aromatic carbocycles. The van der Waals surface area contributed by atoms with Crippen LogP contribution in [0.1, 0.15) is 64.5 Å². The van der Waals surface area contributed by atoms with Gasteiger partial charge >= 0.3 is 0 Å². The zero-order valence-electron chi connectivity index (χ0n) is 16.0. The van der Waals surface area contributed by atoms with Crippen LogP contribution in [0, 0.1) is 5.92 Å². The minimum absolute atomic E-state index is 0.416. The van der Waals surface area contributed by atoms with Crippen LogP contribution in [0.3, 0.4) is 0 Å². The zero-order valence-corrected chi connectivity index (χ0v) is 16.8. The fraction of sp³-hybridized carbons (Fsp3) is 0.545. The molecule has 25 heavy (non-hydrogen) atoms. The van der Waals surface area contributed by atoms with E-state index < -0.39 is 0 Å². The molecule has 1 aliphatic rings. The van der Waals surface area contributed by atoms with Gasteiger partial charge in [0.25, 0.3) is 0 Å². The van der Waals surface area contributed by atoms with E-state index in [1.54, 1.807) is 0 Å². The van der Waals surface area contributed by atoms with Gasteiger partial charge in [0.1, 0.15) is 0 Å². The third-order valence-electron chi connectivity index (χ3n) is 5.00. The van der Waals surface area contributed by atoms with Crippen LogP contribution in [0.25, 0.3) is 0 Å². The molecule has 1 aliphatic heterocycles. The lowest BCUT2D eigenvalue weighted by Crippen LogP contribution is -2.37. The van der Waals surface area contributed by atoms with Crippen molar-refractivity contribution in [2.75, 3.05) is 6.54 Å². The Morgan fingerprint density at radius 3 is 2.56 bits per heavy atom. The third kappa shape index (κ3) is 5.54. The summed E-state index contributed by atoms with van der Waals surface area (Å²) in [5.41, 5.74) is 3.74. The van der Waals surface area contributed by atoms with Crippen molar-refractivity contribution in [1.29, 1.82) is 0 Å². The van der Waals surface area contributed by atoms with Gasteiger partial charge in [-0.3, -0.25) is 0 Å². The molecule has 2 atom stereocenters. The van der Waals surface area contributed by atoms with Crippen molar-refractivity contribution in [1.82, 2.24) is 10.2 Å². The second-order valence-corrected chi connectivity index (χ2v) is 7.92. The van der Waals surface area contributed by atoms with Crippen LogP contribution >= 0.6 is 11.6 Å². The Labute approximate surface area is 158 Å². The Morgan fingerprint density at radius 1 is 1.28 bits per heavy atom. The van der Waals surface area contributed by atoms with Crippen LogP contribution in [-0.2, 0) is 0 Å². The highest BCUT2D eigenvalue weighted by Gasteiger charge is 2.31. The van der Waals surface area contributed by atoms with Gasteiger partial charge in [0, 0.05) is 34.9 Å². The second kappa shape index (κ2) is 9.33. The van der Waals surface area contributed by atoms with Gasteiger partial charge in [-0.2, -0.15) is 0 Å². The fourth-order valence-corrected chi connectivity index (χ4v) is 3.89. The molecule has 0 amide bonds. The zero-order chi connectivity index (χ0) is 18.4. The number of nitrogens with zero attached hydrogens (tertiary/aromatic N) is 1. The monoisotopic (exact) mass is 360 g/mol. The molecule has 0 aromatic heterocycles. The van der Waals surface area contributed by atoms with Crippen molar-refractivity contribution < 1.29 is 0 Å². The summed E-state index contributed by atoms with van der Waals surface area (Å²) in [7, 11) is 0. The molecule has 0 aliphatic carbocycles. The van der Waals surface area contributed by atoms with Crippen molar-refractivity contribution in [3.63, 3.8) is 0 Å². The number of hydrogen-bond acceptors (Lipinski definition) is 2. The van der Waals surface area contributed by atoms with Crippen molar-refractivity contribution in [3.8, 4) is 0 Å². The predicted molar refractivity (Wildman–Crippen MR) is 110 cm³/mol. The summed E-state index contributed by atoms with van der Waals surface area (Å²) in [5.74, 6) is 0.485. The average Bonchev–Trinajstić information content (AvgIpc) is 2.55. The Morgan fingerprint density at radius 2 is 1.96 bits per heavy atom. The lowest BCUT2D eigenvalue weighted by Gasteiger charge is -2.44. The van der Waals surface area contributed by atoms with Gasteiger partial charge in [-0.05, 0) is 57.2 Å². The van der Waals surface area contributed by atoms with Crippen molar-refractivity contribution in [3.05, 3.63) is 59.4 Å². The maximum atomic E-state index is 6.07. The quantitative estimate of drug-likeness (QED) is 0.584. The average molecular weight is 361 g/mol. The summed E-state index contributed by atoms with van der Waals surface area (Å²) < 4.78 is 0. The molecule has 0 spiro atoms. The number of halogens is 1. The summed E-state index contributed by atoms with van der Waals surface area (Å²) in [6.45, 7) is 16.3. The molecular formula is C22H33ClN2. The van der Waals surface area contributed by atoms with E-state index >= 15 is 0 Å². The highest BCUT2D eigenvalue weighted by Crippen LogP contribution is 2.41. The van der Waals surface area contributed by atoms with Crippen LogP contribution in [0.5, 0.6) is 0 Å². The van der Waals surface area contributed by atoms with Crippen molar-refractivity contribution in [2.24, 2.45) is 5.92 Å². The summed E-state index contributed by atoms with van der Waals surface area (Å²) >= 11 is 6.07. The molecule has 1 saturated heterocycles. The lowest BCUT2D eigenvalue weighted by molar-refractivity contribution is 0.162. The van der Waals surface area contributed by atoms with E-state index in [4.69, 9.17) is 11.6 Å². The Kier molecular flexibility index (Phi) is 7.43. The van der Waals surface area contributed by atoms with Gasteiger partial charge < -0.3 is 10.2 Å². The number of benzene rings is 1. The molecular weight excluding hydrogens is 328 g/mol. The topological polar surface area (TPSA) is 15.3 Å². The van der Waals surface area contributed by atoms with Gasteiger partial charge in [-0.1, -0.05) is 50.2 Å². The first-order valence-electron chi connectivity index (χ1n) is 9.57. The van der Waals surface area contributed by atoms with Crippen LogP contribution in [0.2, 0.25) is 5.02 Å². The first-order valence-corrected chi connectivity index (χ1v) is 9.95. The van der Waals surface area contributed by atoms with Crippen LogP contribution in [0.15, 0.2) is 48.8 Å². The normalized spacial score (nSPS) is 20.8. The van der Waals surface area contributed by atoms with Gasteiger partial charge in [0.05, 0.1) is 6.04 Å². The van der Waals surface area contributed by atoms with E-state index in [1.807, 2.05) is 12.1 Å². The minimum atomic E-state index is 0.416. The van der Waals surface area contributed by atoms with E-state index in [9.17, 15) is 0 Å². The Hall–Kier alpha value is -1.41. The highest BCUT2D eigenvalue weighted by molar-refractivity contribution is 6.30. The number of rotatable bonds is 8. The molecule has 2 rings (SSSR count). The van der Waals surface area contributed by atoms with Crippen molar-refractivity contribution in [2.45, 2.75) is 65.0 Å². The maximum absolute atomic E-state index is 6.07. The summed E-state index contributed by atoms with van der Waals surface area (Å²) in [4.78, 5) is 2.53. The molecule has 0 saturated carbocycles. The minimum Gasteiger partial charge on any atom is -0.387 e. The molecule has 2 nitrogen and oxygen atoms in total. The van der Waals surface area contributed by atoms with Gasteiger partial charge in [-0.15, -0.1) is 0 Å². The SMILES string of the molecule is C=C(CC1CCC(c2ccc(Cl)cc2)N(CCCC)C1=C)NC(C)C. The number of likely N-dealkylation sites (tertiary alicyclic amines) is 1. The first-order chi connectivity index (χ1) is 11.9. The van der Waals surface area contributed by atoms with Crippen LogP contribution < -0.4 is 5.32 Å². The molecule has 1 N–H and O–H groups in total. The Bertz CT molecular complexity index is 576. The summed E-state index contributed by atoms with van der Waals surface area (Å²) in [6, 6.07) is 9.18. The van der Waals surface area contributed by atoms with E-state index in [2.05, 4.69) is 56.3 Å². The molecule has 1 fully saturated rings. The summed E-state index contributed by atoms with van der Waals surface area (Å²) in [5, 5.41) is 4.25. The number of unbranched alkanes of at least 4 members (excludes halogenated alkanes) is 1. The van der Waals surface area contributed by atoms with E-state index in [-0.39, 0.29) is 0 Å². The van der Waals surface area contributed by atoms with Crippen LogP contribution in [0.4, 0.5) is 0 Å². The predicted octanol–water partition coefficient (Wildman–Crippen LogP) is 6.31. The van der Waals surface area contributed by atoms with E-state index in [1.165, 1.54) is 24.1 Å².